The van der Waals surface area contributed by atoms with Gasteiger partial charge in [-0.1, -0.05) is 48.0 Å². The van der Waals surface area contributed by atoms with Crippen molar-refractivity contribution in [3.63, 3.8) is 0 Å². The van der Waals surface area contributed by atoms with Crippen LogP contribution in [0.25, 0.3) is 0 Å². The Labute approximate surface area is 133 Å². The monoisotopic (exact) mass is 311 g/mol. The number of amidine groups is 1. The molecule has 0 aliphatic carbocycles. The molecular formula is C17H14ClN3O. The molecule has 4 rings (SSSR count). The molecule has 0 aromatic heterocycles. The van der Waals surface area contributed by atoms with E-state index in [9.17, 15) is 4.79 Å². The number of rotatable bonds is 1. The Morgan fingerprint density at radius 2 is 2.00 bits per heavy atom. The van der Waals surface area contributed by atoms with Gasteiger partial charge in [0.25, 0.3) is 0 Å². The molecule has 1 amide bonds. The van der Waals surface area contributed by atoms with Gasteiger partial charge in [0, 0.05) is 10.6 Å². The molecule has 5 heteroatoms. The maximum absolute atomic E-state index is 11.8. The smallest absolute Gasteiger partial charge is 0.239 e. The highest BCUT2D eigenvalue weighted by Gasteiger charge is 2.34. The Balaban J connectivity index is 1.90. The first-order chi connectivity index (χ1) is 10.7. The van der Waals surface area contributed by atoms with E-state index in [-0.39, 0.29) is 11.9 Å². The van der Waals surface area contributed by atoms with Crippen LogP contribution in [0.2, 0.25) is 5.02 Å². The molecule has 1 N–H and O–H groups in total. The van der Waals surface area contributed by atoms with Crippen LogP contribution < -0.4 is 5.32 Å². The van der Waals surface area contributed by atoms with Gasteiger partial charge < -0.3 is 10.2 Å². The number of piperazine rings is 1. The predicted octanol–water partition coefficient (Wildman–Crippen LogP) is 2.90. The first kappa shape index (κ1) is 13.3. The highest BCUT2D eigenvalue weighted by molar-refractivity contribution is 6.30. The van der Waals surface area contributed by atoms with Gasteiger partial charge in [0.2, 0.25) is 5.91 Å². The van der Waals surface area contributed by atoms with Crippen LogP contribution in [0.15, 0.2) is 53.5 Å². The summed E-state index contributed by atoms with van der Waals surface area (Å²) in [5.74, 6) is 0.903. The zero-order chi connectivity index (χ0) is 15.1. The van der Waals surface area contributed by atoms with Crippen molar-refractivity contribution >= 4 is 29.0 Å². The lowest BCUT2D eigenvalue weighted by Gasteiger charge is -2.40. The molecule has 2 aromatic carbocycles. The van der Waals surface area contributed by atoms with Crippen molar-refractivity contribution < 1.29 is 4.79 Å². The number of carbonyl (C=O) groups excluding carboxylic acids is 1. The van der Waals surface area contributed by atoms with Crippen molar-refractivity contribution in [1.82, 2.24) is 10.2 Å². The van der Waals surface area contributed by atoms with Crippen molar-refractivity contribution in [3.8, 4) is 0 Å². The lowest BCUT2D eigenvalue weighted by molar-refractivity contribution is -0.122. The molecule has 22 heavy (non-hydrogen) atoms. The highest BCUT2D eigenvalue weighted by Crippen LogP contribution is 2.40. The average molecular weight is 312 g/mol. The number of nitrogens with zero attached hydrogens (tertiary/aromatic N) is 2. The molecule has 0 radical (unpaired) electrons. The highest BCUT2D eigenvalue weighted by atomic mass is 35.5. The van der Waals surface area contributed by atoms with Gasteiger partial charge in [-0.3, -0.25) is 4.79 Å². The molecule has 110 valence electrons. The minimum absolute atomic E-state index is 0.00739. The summed E-state index contributed by atoms with van der Waals surface area (Å²) in [5.41, 5.74) is 3.10. The SMILES string of the molecule is O=C1CN2C(=Nc3cc(Cl)ccc3[C@@H]2c2ccccc2)CN1. The summed E-state index contributed by atoms with van der Waals surface area (Å²) in [4.78, 5) is 18.6. The third-order valence-corrected chi connectivity index (χ3v) is 4.29. The van der Waals surface area contributed by atoms with Crippen LogP contribution in [0.3, 0.4) is 0 Å². The topological polar surface area (TPSA) is 44.7 Å². The van der Waals surface area contributed by atoms with E-state index in [0.717, 1.165) is 22.6 Å². The van der Waals surface area contributed by atoms with E-state index in [0.29, 0.717) is 18.1 Å². The van der Waals surface area contributed by atoms with Gasteiger partial charge in [0.1, 0.15) is 5.84 Å². The third-order valence-electron chi connectivity index (χ3n) is 4.05. The summed E-state index contributed by atoms with van der Waals surface area (Å²) >= 11 is 6.12. The second kappa shape index (κ2) is 5.14. The van der Waals surface area contributed by atoms with E-state index in [1.165, 1.54) is 0 Å². The van der Waals surface area contributed by atoms with Gasteiger partial charge >= 0.3 is 0 Å². The molecule has 0 spiro atoms. The van der Waals surface area contributed by atoms with Crippen LogP contribution in [0.4, 0.5) is 5.69 Å². The summed E-state index contributed by atoms with van der Waals surface area (Å²) in [6.07, 6.45) is 0. The summed E-state index contributed by atoms with van der Waals surface area (Å²) in [6.45, 7) is 0.772. The van der Waals surface area contributed by atoms with E-state index in [1.807, 2.05) is 36.4 Å². The van der Waals surface area contributed by atoms with Crippen LogP contribution in [-0.4, -0.2) is 29.7 Å². The van der Waals surface area contributed by atoms with Crippen LogP contribution in [-0.2, 0) is 4.79 Å². The van der Waals surface area contributed by atoms with Crippen molar-refractivity contribution in [2.75, 3.05) is 13.1 Å². The van der Waals surface area contributed by atoms with E-state index < -0.39 is 0 Å². The second-order valence-electron chi connectivity index (χ2n) is 5.45. The largest absolute Gasteiger partial charge is 0.347 e. The molecule has 0 unspecified atom stereocenters. The maximum Gasteiger partial charge on any atom is 0.239 e. The number of aliphatic imine (C=N–C) groups is 1. The van der Waals surface area contributed by atoms with Crippen LogP contribution in [0.5, 0.6) is 0 Å². The number of fused-ring (bicyclic) bond motifs is 2. The lowest BCUT2D eigenvalue weighted by atomic mass is 9.93. The molecule has 0 bridgehead atoms. The number of halogens is 1. The molecule has 1 fully saturated rings. The van der Waals surface area contributed by atoms with Crippen molar-refractivity contribution in [1.29, 1.82) is 0 Å². The Bertz CT molecular complexity index is 773. The molecule has 0 saturated carbocycles. The Morgan fingerprint density at radius 1 is 1.18 bits per heavy atom. The Kier molecular flexibility index (Phi) is 3.12. The first-order valence-corrected chi connectivity index (χ1v) is 7.55. The Hall–Kier alpha value is -2.33. The van der Waals surface area contributed by atoms with Crippen LogP contribution in [0.1, 0.15) is 17.2 Å². The fourth-order valence-corrected chi connectivity index (χ4v) is 3.24. The summed E-state index contributed by atoms with van der Waals surface area (Å²) in [7, 11) is 0. The molecule has 2 aromatic rings. The standard InChI is InChI=1S/C17H14ClN3O/c18-12-6-7-13-14(8-12)20-15-9-19-16(22)10-21(15)17(13)11-4-2-1-3-5-11/h1-8,17H,9-10H2,(H,19,22)/t17-/m0/s1. The summed E-state index contributed by atoms with van der Waals surface area (Å²) < 4.78 is 0. The quantitative estimate of drug-likeness (QED) is 0.880. The molecule has 1 saturated heterocycles. The number of benzene rings is 2. The Morgan fingerprint density at radius 3 is 2.82 bits per heavy atom. The minimum Gasteiger partial charge on any atom is -0.347 e. The van der Waals surface area contributed by atoms with Crippen molar-refractivity contribution in [3.05, 3.63) is 64.7 Å². The number of amides is 1. The van der Waals surface area contributed by atoms with Crippen molar-refractivity contribution in [2.24, 2.45) is 4.99 Å². The zero-order valence-corrected chi connectivity index (χ0v) is 12.5. The number of hydrogen-bond acceptors (Lipinski definition) is 3. The normalized spacial score (nSPS) is 19.9. The number of nitrogens with one attached hydrogen (secondary N) is 1. The summed E-state index contributed by atoms with van der Waals surface area (Å²) in [6, 6.07) is 15.9. The van der Waals surface area contributed by atoms with Crippen LogP contribution in [0, 0.1) is 0 Å². The maximum atomic E-state index is 11.8. The van der Waals surface area contributed by atoms with E-state index in [2.05, 4.69) is 27.3 Å². The lowest BCUT2D eigenvalue weighted by Crippen LogP contribution is -2.53. The van der Waals surface area contributed by atoms with Gasteiger partial charge in [-0.2, -0.15) is 0 Å². The van der Waals surface area contributed by atoms with Gasteiger partial charge in [-0.15, -0.1) is 0 Å². The molecule has 2 aliphatic heterocycles. The van der Waals surface area contributed by atoms with Gasteiger partial charge in [-0.05, 0) is 17.7 Å². The van der Waals surface area contributed by atoms with E-state index in [1.54, 1.807) is 0 Å². The average Bonchev–Trinajstić information content (AvgIpc) is 2.53. The zero-order valence-electron chi connectivity index (χ0n) is 11.8. The van der Waals surface area contributed by atoms with Gasteiger partial charge in [-0.25, -0.2) is 4.99 Å². The van der Waals surface area contributed by atoms with Crippen molar-refractivity contribution in [2.45, 2.75) is 6.04 Å². The third kappa shape index (κ3) is 2.16. The molecule has 2 aliphatic rings. The molecular weight excluding hydrogens is 298 g/mol. The van der Waals surface area contributed by atoms with Gasteiger partial charge in [0.05, 0.1) is 24.8 Å². The summed E-state index contributed by atoms with van der Waals surface area (Å²) in [5, 5.41) is 3.52. The predicted molar refractivity (Wildman–Crippen MR) is 86.5 cm³/mol. The van der Waals surface area contributed by atoms with Gasteiger partial charge in [0.15, 0.2) is 0 Å². The van der Waals surface area contributed by atoms with E-state index in [4.69, 9.17) is 11.6 Å². The first-order valence-electron chi connectivity index (χ1n) is 7.18. The minimum atomic E-state index is -0.00739. The fraction of sp³-hybridized carbons (Fsp3) is 0.176. The number of hydrogen-bond donors (Lipinski definition) is 1. The molecule has 1 atom stereocenters. The second-order valence-corrected chi connectivity index (χ2v) is 5.89. The number of carbonyl (C=O) groups is 1. The van der Waals surface area contributed by atoms with E-state index >= 15 is 0 Å². The molecule has 4 nitrogen and oxygen atoms in total. The molecule has 2 heterocycles. The van der Waals surface area contributed by atoms with Crippen LogP contribution >= 0.6 is 11.6 Å². The fourth-order valence-electron chi connectivity index (χ4n) is 3.07.